The predicted octanol–water partition coefficient (Wildman–Crippen LogP) is 4.66. The van der Waals surface area contributed by atoms with Gasteiger partial charge < -0.3 is 24.7 Å². The summed E-state index contributed by atoms with van der Waals surface area (Å²) in [4.78, 5) is 35.5. The number of hydrogen-bond acceptors (Lipinski definition) is 7. The van der Waals surface area contributed by atoms with Crippen molar-refractivity contribution in [3.8, 4) is 11.6 Å². The van der Waals surface area contributed by atoms with Gasteiger partial charge in [-0.15, -0.1) is 0 Å². The Hall–Kier alpha value is -4.66. The van der Waals surface area contributed by atoms with Crippen molar-refractivity contribution in [2.45, 2.75) is 40.0 Å². The minimum Gasteiger partial charge on any atom is -0.497 e. The highest BCUT2D eigenvalue weighted by Crippen LogP contribution is 2.22. The Morgan fingerprint density at radius 3 is 2.53 bits per heavy atom. The molecule has 0 aliphatic heterocycles. The molecule has 0 fully saturated rings. The summed E-state index contributed by atoms with van der Waals surface area (Å²) in [5.41, 5.74) is 2.63. The van der Waals surface area contributed by atoms with Crippen LogP contribution >= 0.6 is 0 Å². The molecular weight excluding hydrogens is 482 g/mol. The number of carbonyl (C=O) groups is 1. The number of nitrogens with one attached hydrogen (secondary N) is 2. The van der Waals surface area contributed by atoms with Gasteiger partial charge in [0.15, 0.2) is 0 Å². The first-order chi connectivity index (χ1) is 18.3. The van der Waals surface area contributed by atoms with Crippen LogP contribution in [0.15, 0.2) is 77.7 Å². The molecule has 2 N–H and O–H groups in total. The first-order valence-electron chi connectivity index (χ1n) is 12.3. The number of amides is 1. The summed E-state index contributed by atoms with van der Waals surface area (Å²) in [7, 11) is 1.61. The van der Waals surface area contributed by atoms with Gasteiger partial charge in [-0.1, -0.05) is 24.3 Å². The lowest BCUT2D eigenvalue weighted by Gasteiger charge is -2.19. The Morgan fingerprint density at radius 1 is 1.05 bits per heavy atom. The van der Waals surface area contributed by atoms with E-state index < -0.39 is 0 Å². The van der Waals surface area contributed by atoms with Crippen molar-refractivity contribution in [1.29, 1.82) is 0 Å². The van der Waals surface area contributed by atoms with Gasteiger partial charge in [0.1, 0.15) is 11.6 Å². The number of hydrogen-bond donors (Lipinski definition) is 2. The lowest BCUT2D eigenvalue weighted by Crippen LogP contribution is -2.28. The Labute approximate surface area is 221 Å². The van der Waals surface area contributed by atoms with Crippen LogP contribution in [0.5, 0.6) is 11.6 Å². The van der Waals surface area contributed by atoms with Crippen LogP contribution in [0.2, 0.25) is 0 Å². The molecule has 0 aliphatic carbocycles. The molecule has 4 aromatic rings. The van der Waals surface area contributed by atoms with Gasteiger partial charge in [-0.05, 0) is 56.7 Å². The van der Waals surface area contributed by atoms with Crippen LogP contribution in [-0.2, 0) is 13.1 Å². The number of anilines is 2. The number of rotatable bonds is 10. The second-order valence-corrected chi connectivity index (χ2v) is 8.95. The highest BCUT2D eigenvalue weighted by molar-refractivity contribution is 6.08. The van der Waals surface area contributed by atoms with Gasteiger partial charge in [0, 0.05) is 30.6 Å². The summed E-state index contributed by atoms with van der Waals surface area (Å²) >= 11 is 0. The molecule has 3 aromatic heterocycles. The van der Waals surface area contributed by atoms with Crippen LogP contribution in [0.1, 0.15) is 41.2 Å². The fourth-order valence-electron chi connectivity index (χ4n) is 3.96. The van der Waals surface area contributed by atoms with Gasteiger partial charge in [-0.3, -0.25) is 9.59 Å². The average molecular weight is 514 g/mol. The maximum absolute atomic E-state index is 13.5. The quantitative estimate of drug-likeness (QED) is 0.318. The van der Waals surface area contributed by atoms with Crippen LogP contribution in [0, 0.1) is 6.92 Å². The van der Waals surface area contributed by atoms with Crippen LogP contribution < -0.4 is 25.7 Å². The van der Waals surface area contributed by atoms with Gasteiger partial charge in [-0.2, -0.15) is 0 Å². The molecule has 4 rings (SSSR count). The normalized spacial score (nSPS) is 10.8. The number of pyridine rings is 3. The summed E-state index contributed by atoms with van der Waals surface area (Å²) in [6.07, 6.45) is 1.57. The largest absolute Gasteiger partial charge is 0.497 e. The maximum atomic E-state index is 13.5. The van der Waals surface area contributed by atoms with E-state index in [1.54, 1.807) is 44.5 Å². The van der Waals surface area contributed by atoms with E-state index in [1.807, 2.05) is 50.2 Å². The molecule has 1 aromatic carbocycles. The lowest BCUT2D eigenvalue weighted by atomic mass is 10.1. The Balaban J connectivity index is 1.68. The molecule has 0 spiro atoms. The molecule has 0 unspecified atom stereocenters. The molecule has 38 heavy (non-hydrogen) atoms. The van der Waals surface area contributed by atoms with Crippen molar-refractivity contribution in [3.63, 3.8) is 0 Å². The second-order valence-electron chi connectivity index (χ2n) is 8.95. The standard InChI is InChI=1S/C29H31N5O4/c1-19(2)38-26-10-7-8-22(32-26)18-34-20(3)28(29(36)33-25-9-5-6-15-30-25)24(16-27(34)35)31-17-21-11-13-23(37-4)14-12-21/h5-16,19,31H,17-18H2,1-4H3,(H,30,33,36). The zero-order valence-electron chi connectivity index (χ0n) is 21.9. The van der Waals surface area contributed by atoms with Crippen molar-refractivity contribution < 1.29 is 14.3 Å². The van der Waals surface area contributed by atoms with E-state index in [2.05, 4.69) is 20.6 Å². The maximum Gasteiger partial charge on any atom is 0.260 e. The second kappa shape index (κ2) is 12.1. The molecule has 0 aliphatic rings. The van der Waals surface area contributed by atoms with Crippen LogP contribution in [0.3, 0.4) is 0 Å². The number of benzene rings is 1. The molecule has 196 valence electrons. The third-order valence-corrected chi connectivity index (χ3v) is 5.80. The first kappa shape index (κ1) is 26.4. The summed E-state index contributed by atoms with van der Waals surface area (Å²) in [5.74, 6) is 1.26. The third kappa shape index (κ3) is 6.56. The molecule has 9 nitrogen and oxygen atoms in total. The number of aromatic nitrogens is 3. The highest BCUT2D eigenvalue weighted by Gasteiger charge is 2.20. The van der Waals surface area contributed by atoms with Gasteiger partial charge in [0.05, 0.1) is 36.7 Å². The zero-order valence-corrected chi connectivity index (χ0v) is 21.9. The molecule has 3 heterocycles. The zero-order chi connectivity index (χ0) is 27.1. The Morgan fingerprint density at radius 2 is 1.84 bits per heavy atom. The minimum atomic E-state index is -0.378. The number of nitrogens with zero attached hydrogens (tertiary/aromatic N) is 3. The van der Waals surface area contributed by atoms with Gasteiger partial charge >= 0.3 is 0 Å². The molecule has 0 saturated carbocycles. The van der Waals surface area contributed by atoms with Crippen LogP contribution in [-0.4, -0.2) is 33.7 Å². The summed E-state index contributed by atoms with van der Waals surface area (Å²) < 4.78 is 12.5. The third-order valence-electron chi connectivity index (χ3n) is 5.80. The van der Waals surface area contributed by atoms with Crippen molar-refractivity contribution in [3.05, 3.63) is 106 Å². The van der Waals surface area contributed by atoms with Crippen LogP contribution in [0.25, 0.3) is 0 Å². The van der Waals surface area contributed by atoms with E-state index in [0.29, 0.717) is 40.9 Å². The Kier molecular flexibility index (Phi) is 8.37. The van der Waals surface area contributed by atoms with Gasteiger partial charge in [0.2, 0.25) is 5.88 Å². The van der Waals surface area contributed by atoms with E-state index in [1.165, 1.54) is 10.6 Å². The van der Waals surface area contributed by atoms with Crippen molar-refractivity contribution in [2.75, 3.05) is 17.7 Å². The molecule has 0 saturated heterocycles. The molecule has 0 atom stereocenters. The topological polar surface area (TPSA) is 107 Å². The van der Waals surface area contributed by atoms with E-state index in [0.717, 1.165) is 11.3 Å². The van der Waals surface area contributed by atoms with Gasteiger partial charge in [0.25, 0.3) is 11.5 Å². The molecule has 1 amide bonds. The number of carbonyl (C=O) groups excluding carboxylic acids is 1. The first-order valence-corrected chi connectivity index (χ1v) is 12.3. The van der Waals surface area contributed by atoms with E-state index in [-0.39, 0.29) is 24.1 Å². The summed E-state index contributed by atoms with van der Waals surface area (Å²) in [6.45, 7) is 6.19. The predicted molar refractivity (Wildman–Crippen MR) is 147 cm³/mol. The number of ether oxygens (including phenoxy) is 2. The SMILES string of the molecule is COc1ccc(CNc2cc(=O)n(Cc3cccc(OC(C)C)n3)c(C)c2C(=O)Nc2ccccn2)cc1. The van der Waals surface area contributed by atoms with E-state index in [4.69, 9.17) is 9.47 Å². The van der Waals surface area contributed by atoms with E-state index >= 15 is 0 Å². The molecular formula is C29H31N5O4. The number of methoxy groups -OCH3 is 1. The van der Waals surface area contributed by atoms with E-state index in [9.17, 15) is 9.59 Å². The average Bonchev–Trinajstić information content (AvgIpc) is 2.90. The van der Waals surface area contributed by atoms with Crippen molar-refractivity contribution in [2.24, 2.45) is 0 Å². The molecule has 0 radical (unpaired) electrons. The highest BCUT2D eigenvalue weighted by atomic mass is 16.5. The fraction of sp³-hybridized carbons (Fsp3) is 0.241. The fourth-order valence-corrected chi connectivity index (χ4v) is 3.96. The van der Waals surface area contributed by atoms with Crippen molar-refractivity contribution in [1.82, 2.24) is 14.5 Å². The molecule has 9 heteroatoms. The summed E-state index contributed by atoms with van der Waals surface area (Å²) in [6, 6.07) is 19.7. The smallest absolute Gasteiger partial charge is 0.260 e. The minimum absolute atomic E-state index is 0.0276. The van der Waals surface area contributed by atoms with Crippen LogP contribution in [0.4, 0.5) is 11.5 Å². The lowest BCUT2D eigenvalue weighted by molar-refractivity contribution is 0.102. The van der Waals surface area contributed by atoms with Gasteiger partial charge in [-0.25, -0.2) is 9.97 Å². The monoisotopic (exact) mass is 513 g/mol. The summed E-state index contributed by atoms with van der Waals surface area (Å²) in [5, 5.41) is 6.10. The molecule has 0 bridgehead atoms. The Bertz CT molecular complexity index is 1450. The van der Waals surface area contributed by atoms with Crippen molar-refractivity contribution >= 4 is 17.4 Å².